The molecule has 0 saturated carbocycles. The van der Waals surface area contributed by atoms with Gasteiger partial charge in [-0.25, -0.2) is 0 Å². The summed E-state index contributed by atoms with van der Waals surface area (Å²) >= 11 is 6.52. The lowest BCUT2D eigenvalue weighted by Gasteiger charge is -2.18. The normalized spacial score (nSPS) is 18.1. The van der Waals surface area contributed by atoms with Crippen LogP contribution in [0.5, 0.6) is 11.5 Å². The third-order valence-electron chi connectivity index (χ3n) is 3.79. The van der Waals surface area contributed by atoms with Crippen molar-refractivity contribution in [3.63, 3.8) is 0 Å². The molecule has 0 unspecified atom stereocenters. The van der Waals surface area contributed by atoms with E-state index in [9.17, 15) is 15.0 Å². The first-order chi connectivity index (χ1) is 12.0. The number of phenolic OH excluding ortho intramolecular Hbond substituents is 2. The van der Waals surface area contributed by atoms with Crippen LogP contribution in [0.15, 0.2) is 56.5 Å². The summed E-state index contributed by atoms with van der Waals surface area (Å²) in [6.45, 7) is 0.346. The van der Waals surface area contributed by atoms with Crippen molar-refractivity contribution in [3.05, 3.63) is 67.6 Å². The minimum absolute atomic E-state index is 0.0727. The van der Waals surface area contributed by atoms with Crippen molar-refractivity contribution < 1.29 is 19.7 Å². The molecule has 2 aromatic carbocycles. The molecular formula is C19H14Br2O4. The van der Waals surface area contributed by atoms with E-state index in [1.54, 1.807) is 48.6 Å². The number of benzene rings is 2. The number of aromatic hydroxyl groups is 2. The van der Waals surface area contributed by atoms with Crippen molar-refractivity contribution >= 4 is 49.8 Å². The van der Waals surface area contributed by atoms with Gasteiger partial charge in [-0.3, -0.25) is 4.79 Å². The fraction of sp³-hybridized carbons (Fsp3) is 0.105. The van der Waals surface area contributed by atoms with Crippen LogP contribution in [0, 0.1) is 0 Å². The molecule has 1 saturated heterocycles. The maximum atomic E-state index is 12.7. The fourth-order valence-electron chi connectivity index (χ4n) is 2.50. The number of ketones is 1. The number of carbonyl (C=O) groups is 1. The van der Waals surface area contributed by atoms with Gasteiger partial charge in [-0.1, -0.05) is 24.3 Å². The van der Waals surface area contributed by atoms with Crippen molar-refractivity contribution in [1.82, 2.24) is 0 Å². The Hall–Kier alpha value is -1.89. The van der Waals surface area contributed by atoms with Crippen molar-refractivity contribution in [2.45, 2.75) is 0 Å². The molecule has 6 heteroatoms. The van der Waals surface area contributed by atoms with Crippen LogP contribution in [0.2, 0.25) is 0 Å². The molecule has 0 atom stereocenters. The Bertz CT molecular complexity index is 829. The number of Topliss-reactive ketones (excluding diaryl/α,β-unsaturated/α-hetero) is 1. The average Bonchev–Trinajstić information content (AvgIpc) is 2.59. The topological polar surface area (TPSA) is 66.8 Å². The minimum Gasteiger partial charge on any atom is -0.506 e. The van der Waals surface area contributed by atoms with Crippen molar-refractivity contribution in [3.8, 4) is 11.5 Å². The molecule has 2 aromatic rings. The van der Waals surface area contributed by atoms with Gasteiger partial charge in [0.25, 0.3) is 0 Å². The van der Waals surface area contributed by atoms with E-state index in [0.717, 1.165) is 0 Å². The van der Waals surface area contributed by atoms with E-state index in [0.29, 0.717) is 31.2 Å². The summed E-state index contributed by atoms with van der Waals surface area (Å²) in [7, 11) is 0. The van der Waals surface area contributed by atoms with Gasteiger partial charge in [-0.15, -0.1) is 0 Å². The molecule has 0 aromatic heterocycles. The van der Waals surface area contributed by atoms with Crippen LogP contribution in [-0.4, -0.2) is 29.2 Å². The number of ether oxygens (including phenoxy) is 1. The molecule has 128 valence electrons. The van der Waals surface area contributed by atoms with Crippen LogP contribution in [0.4, 0.5) is 0 Å². The third kappa shape index (κ3) is 3.86. The number of para-hydroxylation sites is 2. The number of carbonyl (C=O) groups excluding carboxylic acids is 1. The average molecular weight is 466 g/mol. The van der Waals surface area contributed by atoms with Crippen molar-refractivity contribution in [2.24, 2.45) is 0 Å². The van der Waals surface area contributed by atoms with Gasteiger partial charge in [0.05, 0.1) is 22.2 Å². The van der Waals surface area contributed by atoms with E-state index in [1.807, 2.05) is 0 Å². The summed E-state index contributed by atoms with van der Waals surface area (Å²) < 4.78 is 6.62. The molecule has 25 heavy (non-hydrogen) atoms. The zero-order chi connectivity index (χ0) is 18.0. The first kappa shape index (κ1) is 17.9. The van der Waals surface area contributed by atoms with E-state index >= 15 is 0 Å². The summed E-state index contributed by atoms with van der Waals surface area (Å²) in [5.74, 6) is -0.0166. The fourth-order valence-corrected chi connectivity index (χ4v) is 3.26. The van der Waals surface area contributed by atoms with Gasteiger partial charge in [0.2, 0.25) is 0 Å². The van der Waals surface area contributed by atoms with Gasteiger partial charge in [0, 0.05) is 22.3 Å². The van der Waals surface area contributed by atoms with Crippen LogP contribution in [0.1, 0.15) is 11.1 Å². The maximum absolute atomic E-state index is 12.7. The second-order valence-corrected chi connectivity index (χ2v) is 7.23. The molecule has 4 nitrogen and oxygen atoms in total. The van der Waals surface area contributed by atoms with Crippen molar-refractivity contribution in [1.29, 1.82) is 0 Å². The lowest BCUT2D eigenvalue weighted by atomic mass is 9.97. The van der Waals surface area contributed by atoms with Gasteiger partial charge >= 0.3 is 0 Å². The molecule has 0 bridgehead atoms. The number of hydrogen-bond acceptors (Lipinski definition) is 4. The molecule has 0 amide bonds. The Morgan fingerprint density at radius 3 is 1.72 bits per heavy atom. The number of hydrogen-bond donors (Lipinski definition) is 2. The van der Waals surface area contributed by atoms with Gasteiger partial charge in [0.1, 0.15) is 11.5 Å². The highest BCUT2D eigenvalue weighted by Crippen LogP contribution is 2.32. The first-order valence-corrected chi connectivity index (χ1v) is 9.04. The number of phenols is 2. The molecule has 1 aliphatic heterocycles. The Morgan fingerprint density at radius 2 is 1.28 bits per heavy atom. The van der Waals surface area contributed by atoms with E-state index in [1.165, 1.54) is 0 Å². The molecule has 0 spiro atoms. The summed E-state index contributed by atoms with van der Waals surface area (Å²) in [5, 5.41) is 20.2. The van der Waals surface area contributed by atoms with Crippen LogP contribution in [0.3, 0.4) is 0 Å². The molecule has 1 heterocycles. The highest BCUT2D eigenvalue weighted by molar-refractivity contribution is 9.10. The Balaban J connectivity index is 1.96. The molecular weight excluding hydrogens is 452 g/mol. The maximum Gasteiger partial charge on any atom is 0.189 e. The predicted octanol–water partition coefficient (Wildman–Crippen LogP) is 4.69. The van der Waals surface area contributed by atoms with E-state index in [2.05, 4.69) is 31.9 Å². The molecule has 3 rings (SSSR count). The molecule has 0 radical (unpaired) electrons. The second-order valence-electron chi connectivity index (χ2n) is 5.52. The van der Waals surface area contributed by atoms with Crippen LogP contribution in [-0.2, 0) is 9.53 Å². The molecule has 1 fully saturated rings. The monoisotopic (exact) mass is 464 g/mol. The van der Waals surface area contributed by atoms with E-state index in [-0.39, 0.29) is 30.5 Å². The third-order valence-corrected chi connectivity index (χ3v) is 5.07. The highest BCUT2D eigenvalue weighted by Gasteiger charge is 2.22. The highest BCUT2D eigenvalue weighted by atomic mass is 79.9. The smallest absolute Gasteiger partial charge is 0.189 e. The molecule has 2 N–H and O–H groups in total. The number of rotatable bonds is 2. The lowest BCUT2D eigenvalue weighted by Crippen LogP contribution is -2.21. The minimum atomic E-state index is -0.162. The molecule has 0 aliphatic carbocycles. The zero-order valence-electron chi connectivity index (χ0n) is 13.0. The Kier molecular flexibility index (Phi) is 5.42. The summed E-state index contributed by atoms with van der Waals surface area (Å²) in [6, 6.07) is 10.4. The van der Waals surface area contributed by atoms with Gasteiger partial charge in [-0.2, -0.15) is 0 Å². The quantitative estimate of drug-likeness (QED) is 0.631. The predicted molar refractivity (Wildman–Crippen MR) is 103 cm³/mol. The lowest BCUT2D eigenvalue weighted by molar-refractivity contribution is -0.114. The van der Waals surface area contributed by atoms with E-state index in [4.69, 9.17) is 4.74 Å². The van der Waals surface area contributed by atoms with Gasteiger partial charge in [0.15, 0.2) is 5.78 Å². The summed E-state index contributed by atoms with van der Waals surface area (Å²) in [5.41, 5.74) is 1.96. The van der Waals surface area contributed by atoms with Crippen LogP contribution >= 0.6 is 31.9 Å². The zero-order valence-corrected chi connectivity index (χ0v) is 16.2. The Labute approximate surface area is 161 Å². The van der Waals surface area contributed by atoms with Gasteiger partial charge in [-0.05, 0) is 56.1 Å². The largest absolute Gasteiger partial charge is 0.506 e. The number of halogens is 2. The van der Waals surface area contributed by atoms with E-state index < -0.39 is 0 Å². The second kappa shape index (κ2) is 7.56. The molecule has 1 aliphatic rings. The van der Waals surface area contributed by atoms with Crippen molar-refractivity contribution in [2.75, 3.05) is 13.2 Å². The SMILES string of the molecule is O=C1/C(=C/c2cccc(Br)c2O)COC/C1=C\c1cccc(Br)c1O. The van der Waals surface area contributed by atoms with Crippen LogP contribution < -0.4 is 0 Å². The summed E-state index contributed by atoms with van der Waals surface area (Å²) in [6.07, 6.45) is 3.24. The summed E-state index contributed by atoms with van der Waals surface area (Å²) in [4.78, 5) is 12.7. The van der Waals surface area contributed by atoms with Crippen LogP contribution in [0.25, 0.3) is 12.2 Å². The Morgan fingerprint density at radius 1 is 0.840 bits per heavy atom. The first-order valence-electron chi connectivity index (χ1n) is 7.46. The van der Waals surface area contributed by atoms with Gasteiger partial charge < -0.3 is 14.9 Å². The standard InChI is InChI=1S/C19H14Br2O4/c20-15-5-1-3-11(18(15)23)7-13-9-25-10-14(17(13)22)8-12-4-2-6-16(21)19(12)24/h1-8,23-24H,9-10H2/b13-7+,14-8+.